The van der Waals surface area contributed by atoms with Crippen molar-refractivity contribution >= 4 is 0 Å². The topological polar surface area (TPSA) is 27.3 Å². The number of rotatable bonds is 1. The molecule has 0 aromatic carbocycles. The number of likely N-dealkylation sites (N-methyl/N-ethyl adjacent to an activating group) is 1. The van der Waals surface area contributed by atoms with Crippen LogP contribution in [-0.2, 0) is 0 Å². The Morgan fingerprint density at radius 3 is 2.93 bits per heavy atom. The molecule has 0 amide bonds. The lowest BCUT2D eigenvalue weighted by Crippen LogP contribution is -2.55. The van der Waals surface area contributed by atoms with Crippen molar-refractivity contribution in [1.29, 1.82) is 0 Å². The van der Waals surface area contributed by atoms with E-state index in [2.05, 4.69) is 22.6 Å². The van der Waals surface area contributed by atoms with Crippen molar-refractivity contribution in [2.45, 2.75) is 25.2 Å². The van der Waals surface area contributed by atoms with E-state index in [0.717, 1.165) is 32.6 Å². The Bertz CT molecular complexity index is 188. The van der Waals surface area contributed by atoms with Gasteiger partial charge in [-0.3, -0.25) is 5.32 Å². The molecule has 14 heavy (non-hydrogen) atoms. The highest BCUT2D eigenvalue weighted by atomic mass is 19.1. The van der Waals surface area contributed by atoms with Crippen LogP contribution >= 0.6 is 0 Å². The molecule has 0 radical (unpaired) electrons. The average Bonchev–Trinajstić information content (AvgIpc) is 2.18. The molecule has 3 atom stereocenters. The Kier molecular flexibility index (Phi) is 3.36. The fourth-order valence-corrected chi connectivity index (χ4v) is 2.60. The van der Waals surface area contributed by atoms with Gasteiger partial charge in [0.05, 0.1) is 0 Å². The van der Waals surface area contributed by atoms with Crippen LogP contribution in [0.5, 0.6) is 0 Å². The molecule has 0 aromatic heterocycles. The first-order valence-electron chi connectivity index (χ1n) is 5.56. The lowest BCUT2D eigenvalue weighted by Gasteiger charge is -2.40. The number of nitrogens with zero attached hydrogens (tertiary/aromatic N) is 1. The number of piperazine rings is 1. The van der Waals surface area contributed by atoms with Crippen LogP contribution in [-0.4, -0.2) is 50.5 Å². The third-order valence-electron chi connectivity index (χ3n) is 3.50. The van der Waals surface area contributed by atoms with Gasteiger partial charge in [-0.1, -0.05) is 0 Å². The molecular formula is C10H20FN3. The van der Waals surface area contributed by atoms with Crippen LogP contribution in [0.25, 0.3) is 0 Å². The van der Waals surface area contributed by atoms with E-state index in [1.165, 1.54) is 0 Å². The monoisotopic (exact) mass is 201 g/mol. The van der Waals surface area contributed by atoms with Gasteiger partial charge in [-0.15, -0.1) is 0 Å². The molecule has 0 saturated carbocycles. The summed E-state index contributed by atoms with van der Waals surface area (Å²) in [7, 11) is 2.15. The summed E-state index contributed by atoms with van der Waals surface area (Å²) in [4.78, 5) is 2.37. The highest BCUT2D eigenvalue weighted by Gasteiger charge is 2.31. The summed E-state index contributed by atoms with van der Waals surface area (Å²) in [5.74, 6) is 0.518. The third-order valence-corrected chi connectivity index (χ3v) is 3.50. The highest BCUT2D eigenvalue weighted by Crippen LogP contribution is 2.24. The van der Waals surface area contributed by atoms with E-state index >= 15 is 0 Å². The molecule has 4 heteroatoms. The van der Waals surface area contributed by atoms with Crippen molar-refractivity contribution in [3.05, 3.63) is 0 Å². The van der Waals surface area contributed by atoms with E-state index in [-0.39, 0.29) is 0 Å². The molecule has 3 unspecified atom stereocenters. The molecule has 82 valence electrons. The first-order valence-corrected chi connectivity index (χ1v) is 5.56. The zero-order chi connectivity index (χ0) is 9.97. The number of hydrogen-bond acceptors (Lipinski definition) is 3. The first-order chi connectivity index (χ1) is 6.77. The van der Waals surface area contributed by atoms with Crippen molar-refractivity contribution in [2.24, 2.45) is 5.92 Å². The molecule has 2 N–H and O–H groups in total. The predicted octanol–water partition coefficient (Wildman–Crippen LogP) is 0.185. The van der Waals surface area contributed by atoms with E-state index in [4.69, 9.17) is 0 Å². The van der Waals surface area contributed by atoms with Crippen LogP contribution in [0.1, 0.15) is 12.8 Å². The van der Waals surface area contributed by atoms with Crippen molar-refractivity contribution < 1.29 is 4.39 Å². The summed E-state index contributed by atoms with van der Waals surface area (Å²) in [5.41, 5.74) is 0. The molecule has 0 spiro atoms. The quantitative estimate of drug-likeness (QED) is 0.593. The Morgan fingerprint density at radius 1 is 1.36 bits per heavy atom. The second kappa shape index (κ2) is 4.55. The van der Waals surface area contributed by atoms with Crippen LogP contribution in [0.4, 0.5) is 4.39 Å². The molecule has 0 aliphatic carbocycles. The lowest BCUT2D eigenvalue weighted by atomic mass is 9.88. The van der Waals surface area contributed by atoms with E-state index in [1.54, 1.807) is 0 Å². The van der Waals surface area contributed by atoms with Gasteiger partial charge >= 0.3 is 0 Å². The minimum Gasteiger partial charge on any atom is -0.314 e. The van der Waals surface area contributed by atoms with Crippen LogP contribution in [0.2, 0.25) is 0 Å². The Labute approximate surface area is 85.0 Å². The van der Waals surface area contributed by atoms with Gasteiger partial charge in [-0.2, -0.15) is 0 Å². The molecule has 2 aliphatic rings. The Balaban J connectivity index is 1.91. The van der Waals surface area contributed by atoms with Crippen LogP contribution < -0.4 is 10.6 Å². The molecular weight excluding hydrogens is 181 g/mol. The first kappa shape index (κ1) is 10.3. The largest absolute Gasteiger partial charge is 0.314 e. The Hall–Kier alpha value is -0.190. The molecule has 2 heterocycles. The molecule has 2 fully saturated rings. The Morgan fingerprint density at radius 2 is 2.21 bits per heavy atom. The van der Waals surface area contributed by atoms with E-state index < -0.39 is 6.30 Å². The maximum absolute atomic E-state index is 13.2. The molecule has 2 aliphatic heterocycles. The van der Waals surface area contributed by atoms with Gasteiger partial charge in [0.2, 0.25) is 0 Å². The lowest BCUT2D eigenvalue weighted by molar-refractivity contribution is 0.0819. The van der Waals surface area contributed by atoms with Crippen molar-refractivity contribution in [3.63, 3.8) is 0 Å². The SMILES string of the molecule is CN1CCNCC1C1CCNC(F)C1. The highest BCUT2D eigenvalue weighted by molar-refractivity contribution is 4.87. The third kappa shape index (κ3) is 2.24. The van der Waals surface area contributed by atoms with Crippen molar-refractivity contribution in [2.75, 3.05) is 33.2 Å². The molecule has 0 bridgehead atoms. The zero-order valence-electron chi connectivity index (χ0n) is 8.80. The van der Waals surface area contributed by atoms with Crippen molar-refractivity contribution in [3.8, 4) is 0 Å². The summed E-state index contributed by atoms with van der Waals surface area (Å²) in [6, 6.07) is 0.532. The van der Waals surface area contributed by atoms with Gasteiger partial charge < -0.3 is 10.2 Å². The summed E-state index contributed by atoms with van der Waals surface area (Å²) in [6.07, 6.45) is 0.998. The summed E-state index contributed by atoms with van der Waals surface area (Å²) in [5, 5.41) is 6.25. The number of piperidine rings is 1. The summed E-state index contributed by atoms with van der Waals surface area (Å²) >= 11 is 0. The van der Waals surface area contributed by atoms with Crippen molar-refractivity contribution in [1.82, 2.24) is 15.5 Å². The summed E-state index contributed by atoms with van der Waals surface area (Å²) in [6.45, 7) is 4.01. The average molecular weight is 201 g/mol. The fourth-order valence-electron chi connectivity index (χ4n) is 2.60. The maximum atomic E-state index is 13.2. The van der Waals surface area contributed by atoms with Gasteiger partial charge in [0.15, 0.2) is 6.30 Å². The van der Waals surface area contributed by atoms with E-state index in [1.807, 2.05) is 0 Å². The molecule has 3 nitrogen and oxygen atoms in total. The van der Waals surface area contributed by atoms with E-state index in [9.17, 15) is 4.39 Å². The summed E-state index contributed by atoms with van der Waals surface area (Å²) < 4.78 is 13.2. The zero-order valence-corrected chi connectivity index (χ0v) is 8.80. The van der Waals surface area contributed by atoms with Crippen LogP contribution in [0.15, 0.2) is 0 Å². The standard InChI is InChI=1S/C10H20FN3/c1-14-5-4-12-7-9(14)8-2-3-13-10(11)6-8/h8-10,12-13H,2-7H2,1H3. The second-order valence-electron chi connectivity index (χ2n) is 4.46. The van der Waals surface area contributed by atoms with Gasteiger partial charge in [0, 0.05) is 25.7 Å². The van der Waals surface area contributed by atoms with Crippen LogP contribution in [0.3, 0.4) is 0 Å². The van der Waals surface area contributed by atoms with Crippen LogP contribution in [0, 0.1) is 5.92 Å². The minimum atomic E-state index is -0.788. The maximum Gasteiger partial charge on any atom is 0.151 e. The smallest absolute Gasteiger partial charge is 0.151 e. The number of nitrogens with one attached hydrogen (secondary N) is 2. The second-order valence-corrected chi connectivity index (χ2v) is 4.46. The van der Waals surface area contributed by atoms with Gasteiger partial charge in [-0.05, 0) is 32.4 Å². The van der Waals surface area contributed by atoms with Gasteiger partial charge in [-0.25, -0.2) is 4.39 Å². The molecule has 0 aromatic rings. The predicted molar refractivity (Wildman–Crippen MR) is 54.9 cm³/mol. The van der Waals surface area contributed by atoms with Gasteiger partial charge in [0.1, 0.15) is 0 Å². The number of halogens is 1. The normalized spacial score (nSPS) is 41.1. The van der Waals surface area contributed by atoms with Gasteiger partial charge in [0.25, 0.3) is 0 Å². The molecule has 2 saturated heterocycles. The number of alkyl halides is 1. The van der Waals surface area contributed by atoms with E-state index in [0.29, 0.717) is 18.4 Å². The molecule has 2 rings (SSSR count). The number of hydrogen-bond donors (Lipinski definition) is 2. The minimum absolute atomic E-state index is 0.518. The fraction of sp³-hybridized carbons (Fsp3) is 1.00.